The van der Waals surface area contributed by atoms with E-state index in [1.165, 1.54) is 82.1 Å². The Hall–Kier alpha value is -1.54. The molecule has 0 radical (unpaired) electrons. The maximum absolute atomic E-state index is 11.7. The molecule has 1 heterocycles. The quantitative estimate of drug-likeness (QED) is 0.260. The molecule has 7 nitrogen and oxygen atoms in total. The average Bonchev–Trinajstić information content (AvgIpc) is 3.44. The summed E-state index contributed by atoms with van der Waals surface area (Å²) in [5.74, 6) is 1.83. The van der Waals surface area contributed by atoms with Crippen molar-refractivity contribution in [3.8, 4) is 0 Å². The van der Waals surface area contributed by atoms with Gasteiger partial charge in [-0.2, -0.15) is 11.8 Å². The minimum absolute atomic E-state index is 0.106. The normalized spacial score (nSPS) is 39.7. The predicted molar refractivity (Wildman–Crippen MR) is 149 cm³/mol. The van der Waals surface area contributed by atoms with Crippen molar-refractivity contribution in [1.29, 1.82) is 0 Å². The number of esters is 1. The van der Waals surface area contributed by atoms with E-state index < -0.39 is 11.9 Å². The molecule has 0 amide bonds. The van der Waals surface area contributed by atoms with E-state index in [-0.39, 0.29) is 5.97 Å². The number of carbonyl (C=O) groups excluding carboxylic acids is 1. The van der Waals surface area contributed by atoms with Crippen molar-refractivity contribution in [2.24, 2.45) is 40.4 Å². The molecule has 1 aliphatic heterocycles. The molecule has 8 heteroatoms. The van der Waals surface area contributed by atoms with Crippen LogP contribution in [0, 0.1) is 40.4 Å². The number of aliphatic carboxylic acids is 2. The second-order valence-corrected chi connectivity index (χ2v) is 14.6. The number of fused-ring (bicyclic) bond motifs is 5. The summed E-state index contributed by atoms with van der Waals surface area (Å²) in [7, 11) is 4.38. The highest BCUT2D eigenvalue weighted by Crippen LogP contribution is 2.68. The Labute approximate surface area is 232 Å². The van der Waals surface area contributed by atoms with Crippen molar-refractivity contribution < 1.29 is 29.3 Å². The molecule has 4 fully saturated rings. The molecule has 4 aliphatic carbocycles. The van der Waals surface area contributed by atoms with Crippen LogP contribution in [-0.4, -0.2) is 71.3 Å². The molecule has 5 aliphatic rings. The number of nitrogens with zero attached hydrogens (tertiary/aromatic N) is 1. The third-order valence-corrected chi connectivity index (χ3v) is 12.5. The van der Waals surface area contributed by atoms with E-state index in [2.05, 4.69) is 44.6 Å². The molecule has 2 N–H and O–H groups in total. The summed E-state index contributed by atoms with van der Waals surface area (Å²) in [6, 6.07) is 0. The Balaban J connectivity index is 0.000000505. The van der Waals surface area contributed by atoms with Crippen LogP contribution in [0.4, 0.5) is 0 Å². The molecule has 38 heavy (non-hydrogen) atoms. The van der Waals surface area contributed by atoms with Gasteiger partial charge in [-0.15, -0.1) is 0 Å². The third kappa shape index (κ3) is 5.96. The van der Waals surface area contributed by atoms with E-state index in [1.807, 2.05) is 6.08 Å². The van der Waals surface area contributed by atoms with Crippen LogP contribution in [0.3, 0.4) is 0 Å². The monoisotopic (exact) mass is 549 g/mol. The van der Waals surface area contributed by atoms with Crippen molar-refractivity contribution in [2.75, 3.05) is 33.0 Å². The van der Waals surface area contributed by atoms with Gasteiger partial charge in [0, 0.05) is 11.3 Å². The largest absolute Gasteiger partial charge is 0.473 e. The smallest absolute Gasteiger partial charge is 0.414 e. The van der Waals surface area contributed by atoms with Gasteiger partial charge in [-0.1, -0.05) is 13.8 Å². The van der Waals surface area contributed by atoms with Gasteiger partial charge in [-0.25, -0.2) is 14.4 Å². The molecule has 214 valence electrons. The summed E-state index contributed by atoms with van der Waals surface area (Å²) in [6.45, 7) is 7.06. The Morgan fingerprint density at radius 1 is 1.00 bits per heavy atom. The van der Waals surface area contributed by atoms with Crippen molar-refractivity contribution in [3.05, 3.63) is 11.6 Å². The van der Waals surface area contributed by atoms with Gasteiger partial charge in [0.2, 0.25) is 0 Å². The van der Waals surface area contributed by atoms with Gasteiger partial charge in [0.15, 0.2) is 0 Å². The highest BCUT2D eigenvalue weighted by molar-refractivity contribution is 7.99. The van der Waals surface area contributed by atoms with Crippen LogP contribution in [0.15, 0.2) is 11.6 Å². The van der Waals surface area contributed by atoms with Crippen LogP contribution in [0.5, 0.6) is 0 Å². The maximum Gasteiger partial charge on any atom is 0.414 e. The molecule has 0 bridgehead atoms. The zero-order chi connectivity index (χ0) is 27.7. The Bertz CT molecular complexity index is 924. The number of carbonyl (C=O) groups is 3. The molecule has 4 saturated carbocycles. The van der Waals surface area contributed by atoms with Gasteiger partial charge in [0.05, 0.1) is 0 Å². The first-order chi connectivity index (χ1) is 18.0. The first kappa shape index (κ1) is 29.4. The summed E-state index contributed by atoms with van der Waals surface area (Å²) in [6.07, 6.45) is 15.9. The van der Waals surface area contributed by atoms with Crippen LogP contribution in [-0.2, 0) is 19.1 Å². The van der Waals surface area contributed by atoms with Crippen LogP contribution in [0.25, 0.3) is 0 Å². The predicted octanol–water partition coefficient (Wildman–Crippen LogP) is 5.34. The maximum atomic E-state index is 11.7. The molecule has 5 rings (SSSR count). The summed E-state index contributed by atoms with van der Waals surface area (Å²) in [5.41, 5.74) is 2.28. The number of carboxylic acids is 2. The van der Waals surface area contributed by atoms with E-state index in [4.69, 9.17) is 24.5 Å². The summed E-state index contributed by atoms with van der Waals surface area (Å²) in [4.78, 5) is 32.3. The van der Waals surface area contributed by atoms with Gasteiger partial charge in [-0.05, 0) is 137 Å². The first-order valence-corrected chi connectivity index (χ1v) is 15.6. The summed E-state index contributed by atoms with van der Waals surface area (Å²) < 4.78 is 5.32. The lowest BCUT2D eigenvalue weighted by atomic mass is 9.44. The first-order valence-electron chi connectivity index (χ1n) is 14.6. The van der Waals surface area contributed by atoms with E-state index in [0.29, 0.717) is 23.4 Å². The molecule has 0 aromatic heterocycles. The number of ether oxygens (including phenoxy) is 1. The highest BCUT2D eigenvalue weighted by atomic mass is 32.2. The van der Waals surface area contributed by atoms with Crippen molar-refractivity contribution in [3.63, 3.8) is 0 Å². The number of hydrogen-bond donors (Lipinski definition) is 2. The Morgan fingerprint density at radius 3 is 2.32 bits per heavy atom. The fourth-order valence-corrected chi connectivity index (χ4v) is 10.5. The van der Waals surface area contributed by atoms with Crippen molar-refractivity contribution in [2.45, 2.75) is 83.3 Å². The number of thioether (sulfide) groups is 1. The van der Waals surface area contributed by atoms with Gasteiger partial charge in [-0.3, -0.25) is 0 Å². The lowest BCUT2D eigenvalue weighted by Crippen LogP contribution is -2.53. The number of hydrogen-bond acceptors (Lipinski definition) is 6. The van der Waals surface area contributed by atoms with Gasteiger partial charge >= 0.3 is 17.9 Å². The fraction of sp³-hybridized carbons (Fsp3) is 0.833. The Morgan fingerprint density at radius 2 is 1.68 bits per heavy atom. The van der Waals surface area contributed by atoms with E-state index >= 15 is 0 Å². The standard InChI is InChI=1S/C28H45NO2S.C2H2O4/c1-27-12-10-21(32-15-5-14-29(3)4)17-20(27)6-7-22-24-9-8-23(19-16-26(30)31-18-19)28(24,2)13-11-25(22)27;3-1(4)2(5)6/h16,20-25H,5-15,17-18H2,1-4H3;(H,3,4)(H,5,6)/t20-,21+,22+,23-,24+,25+,27+,28-;/m1./s1. The SMILES string of the molecule is CN(C)CCCS[C@H]1CC[C@@]2(C)[C@H](CC[C@@H]3[C@@H]2CC[C@]2(C)[C@@H](C4=CC(=O)OC4)CC[C@@H]32)C1.O=C(O)C(=O)O. The molecule has 0 saturated heterocycles. The number of cyclic esters (lactones) is 1. The Kier molecular flexibility index (Phi) is 9.23. The molecular formula is C30H47NO6S. The van der Waals surface area contributed by atoms with Crippen LogP contribution in [0.2, 0.25) is 0 Å². The molecule has 8 atom stereocenters. The lowest BCUT2D eigenvalue weighted by molar-refractivity contribution is -0.159. The zero-order valence-corrected chi connectivity index (χ0v) is 24.4. The highest BCUT2D eigenvalue weighted by Gasteiger charge is 2.60. The summed E-state index contributed by atoms with van der Waals surface area (Å²) in [5, 5.41) is 15.7. The van der Waals surface area contributed by atoms with Gasteiger partial charge in [0.1, 0.15) is 6.61 Å². The molecule has 0 aromatic carbocycles. The molecule has 0 unspecified atom stereocenters. The van der Waals surface area contributed by atoms with Crippen molar-refractivity contribution in [1.82, 2.24) is 4.90 Å². The van der Waals surface area contributed by atoms with Gasteiger partial charge < -0.3 is 19.8 Å². The third-order valence-electron chi connectivity index (χ3n) is 11.0. The van der Waals surface area contributed by atoms with E-state index in [0.717, 1.165) is 28.9 Å². The average molecular weight is 550 g/mol. The number of carboxylic acid groups (broad SMARTS) is 2. The lowest BCUT2D eigenvalue weighted by Gasteiger charge is -2.61. The van der Waals surface area contributed by atoms with Crippen molar-refractivity contribution >= 4 is 29.7 Å². The van der Waals surface area contributed by atoms with Crippen LogP contribution < -0.4 is 0 Å². The van der Waals surface area contributed by atoms with Crippen LogP contribution >= 0.6 is 11.8 Å². The zero-order valence-electron chi connectivity index (χ0n) is 23.6. The van der Waals surface area contributed by atoms with E-state index in [9.17, 15) is 4.79 Å². The minimum atomic E-state index is -1.82. The minimum Gasteiger partial charge on any atom is -0.473 e. The molecule has 0 spiro atoms. The van der Waals surface area contributed by atoms with Gasteiger partial charge in [0.25, 0.3) is 0 Å². The number of rotatable bonds is 6. The van der Waals surface area contributed by atoms with E-state index in [1.54, 1.807) is 0 Å². The molecular weight excluding hydrogens is 502 g/mol. The van der Waals surface area contributed by atoms with Crippen LogP contribution in [0.1, 0.15) is 78.1 Å². The second kappa shape index (κ2) is 11.9. The fourth-order valence-electron chi connectivity index (χ4n) is 9.20. The summed E-state index contributed by atoms with van der Waals surface area (Å²) >= 11 is 2.28. The molecule has 0 aromatic rings. The second-order valence-electron chi connectivity index (χ2n) is 13.2. The topological polar surface area (TPSA) is 104 Å².